The third-order valence-corrected chi connectivity index (χ3v) is 12.2. The van der Waals surface area contributed by atoms with Crippen molar-refractivity contribution in [1.29, 1.82) is 0 Å². The topological polar surface area (TPSA) is 56.5 Å². The number of benzene rings is 6. The van der Waals surface area contributed by atoms with Crippen molar-refractivity contribution in [1.82, 2.24) is 24.5 Å². The number of rotatable bonds is 4. The number of pyridine rings is 1. The molecule has 0 saturated carbocycles. The van der Waals surface area contributed by atoms with Gasteiger partial charge in [-0.25, -0.2) is 19.9 Å². The molecule has 5 nitrogen and oxygen atoms in total. The van der Waals surface area contributed by atoms with Crippen LogP contribution in [0.2, 0.25) is 0 Å². The van der Waals surface area contributed by atoms with E-state index in [9.17, 15) is 0 Å². The summed E-state index contributed by atoms with van der Waals surface area (Å²) in [7, 11) is 0. The van der Waals surface area contributed by atoms with Gasteiger partial charge in [-0.2, -0.15) is 0 Å². The Hall–Kier alpha value is -6.28. The lowest BCUT2D eigenvalue weighted by Crippen LogP contribution is -2.00. The maximum absolute atomic E-state index is 5.27. The SMILES string of the molecule is c1ccc(-c2nc(-c3cccc4c3sc3ccccc34)nc(-c3cccc4c3sc3c(-n5c6ccccc6c6cccnc65)cccc34)n2)cc1. The molecule has 0 aliphatic heterocycles. The zero-order valence-electron chi connectivity index (χ0n) is 27.0. The minimum atomic E-state index is 0.656. The van der Waals surface area contributed by atoms with Gasteiger partial charge in [0.15, 0.2) is 17.5 Å². The lowest BCUT2D eigenvalue weighted by atomic mass is 10.1. The molecule has 11 rings (SSSR count). The van der Waals surface area contributed by atoms with E-state index in [2.05, 4.69) is 126 Å². The number of aromatic nitrogens is 5. The van der Waals surface area contributed by atoms with Crippen LogP contribution in [0, 0.1) is 0 Å². The lowest BCUT2D eigenvalue weighted by Gasteiger charge is -2.09. The van der Waals surface area contributed by atoms with Crippen LogP contribution in [0.5, 0.6) is 0 Å². The van der Waals surface area contributed by atoms with Gasteiger partial charge in [-0.1, -0.05) is 103 Å². The Morgan fingerprint density at radius 1 is 0.412 bits per heavy atom. The molecule has 5 heterocycles. The van der Waals surface area contributed by atoms with Gasteiger partial charge in [-0.05, 0) is 42.5 Å². The molecule has 0 radical (unpaired) electrons. The molecule has 0 amide bonds. The second-order valence-corrected chi connectivity index (χ2v) is 14.7. The zero-order valence-corrected chi connectivity index (χ0v) is 28.6. The molecule has 0 spiro atoms. The number of hydrogen-bond donors (Lipinski definition) is 0. The van der Waals surface area contributed by atoms with Crippen LogP contribution in [-0.2, 0) is 0 Å². The Bertz CT molecular complexity index is 3100. The van der Waals surface area contributed by atoms with E-state index in [1.807, 2.05) is 30.5 Å². The van der Waals surface area contributed by atoms with Gasteiger partial charge in [0, 0.05) is 69.3 Å². The number of nitrogens with zero attached hydrogens (tertiary/aromatic N) is 5. The molecule has 51 heavy (non-hydrogen) atoms. The first-order valence-electron chi connectivity index (χ1n) is 16.8. The van der Waals surface area contributed by atoms with Crippen LogP contribution in [0.4, 0.5) is 0 Å². The molecule has 0 N–H and O–H groups in total. The van der Waals surface area contributed by atoms with E-state index in [1.165, 1.54) is 41.0 Å². The highest BCUT2D eigenvalue weighted by Gasteiger charge is 2.21. The van der Waals surface area contributed by atoms with Gasteiger partial charge >= 0.3 is 0 Å². The Morgan fingerprint density at radius 2 is 1.00 bits per heavy atom. The van der Waals surface area contributed by atoms with Crippen molar-refractivity contribution in [3.05, 3.63) is 152 Å². The van der Waals surface area contributed by atoms with Crippen molar-refractivity contribution in [2.45, 2.75) is 0 Å². The first-order valence-corrected chi connectivity index (χ1v) is 18.4. The Balaban J connectivity index is 1.17. The van der Waals surface area contributed by atoms with Gasteiger partial charge in [0.25, 0.3) is 0 Å². The van der Waals surface area contributed by atoms with Crippen LogP contribution in [0.15, 0.2) is 152 Å². The predicted octanol–water partition coefficient (Wildman–Crippen LogP) is 12.1. The van der Waals surface area contributed by atoms with Crippen LogP contribution in [-0.4, -0.2) is 24.5 Å². The molecule has 0 saturated heterocycles. The molecule has 238 valence electrons. The van der Waals surface area contributed by atoms with Gasteiger partial charge in [0.2, 0.25) is 0 Å². The average Bonchev–Trinajstić information content (AvgIpc) is 3.88. The van der Waals surface area contributed by atoms with E-state index in [0.717, 1.165) is 43.6 Å². The van der Waals surface area contributed by atoms with Crippen molar-refractivity contribution in [2.75, 3.05) is 0 Å². The predicted molar refractivity (Wildman–Crippen MR) is 214 cm³/mol. The van der Waals surface area contributed by atoms with Crippen LogP contribution < -0.4 is 0 Å². The molecule has 6 aromatic carbocycles. The van der Waals surface area contributed by atoms with Crippen molar-refractivity contribution in [3.8, 4) is 39.9 Å². The second kappa shape index (κ2) is 11.1. The number of para-hydroxylation sites is 1. The monoisotopic (exact) mass is 687 g/mol. The quantitative estimate of drug-likeness (QED) is 0.185. The van der Waals surface area contributed by atoms with Crippen LogP contribution >= 0.6 is 22.7 Å². The number of fused-ring (bicyclic) bond motifs is 9. The normalized spacial score (nSPS) is 11.9. The summed E-state index contributed by atoms with van der Waals surface area (Å²) in [6.45, 7) is 0. The molecule has 0 bridgehead atoms. The first kappa shape index (κ1) is 28.5. The van der Waals surface area contributed by atoms with Crippen molar-refractivity contribution in [2.24, 2.45) is 0 Å². The summed E-state index contributed by atoms with van der Waals surface area (Å²) >= 11 is 3.57. The number of hydrogen-bond acceptors (Lipinski definition) is 6. The highest BCUT2D eigenvalue weighted by atomic mass is 32.1. The molecule has 11 aromatic rings. The Labute approximate surface area is 299 Å². The fourth-order valence-corrected chi connectivity index (χ4v) is 9.98. The first-order chi connectivity index (χ1) is 25.3. The third-order valence-electron chi connectivity index (χ3n) is 9.73. The van der Waals surface area contributed by atoms with E-state index >= 15 is 0 Å². The average molecular weight is 688 g/mol. The van der Waals surface area contributed by atoms with Crippen molar-refractivity contribution < 1.29 is 0 Å². The maximum Gasteiger partial charge on any atom is 0.165 e. The molecular formula is C44H25N5S2. The molecule has 0 atom stereocenters. The van der Waals surface area contributed by atoms with E-state index in [-0.39, 0.29) is 0 Å². The number of thiophene rings is 2. The minimum Gasteiger partial charge on any atom is -0.292 e. The summed E-state index contributed by atoms with van der Waals surface area (Å²) in [4.78, 5) is 20.4. The Morgan fingerprint density at radius 3 is 1.80 bits per heavy atom. The highest BCUT2D eigenvalue weighted by Crippen LogP contribution is 2.44. The maximum atomic E-state index is 5.27. The van der Waals surface area contributed by atoms with Gasteiger partial charge in [0.1, 0.15) is 5.65 Å². The fraction of sp³-hybridized carbons (Fsp3) is 0. The van der Waals surface area contributed by atoms with E-state index in [4.69, 9.17) is 19.9 Å². The summed E-state index contributed by atoms with van der Waals surface area (Å²) in [6.07, 6.45) is 1.88. The molecule has 0 aliphatic carbocycles. The van der Waals surface area contributed by atoms with E-state index < -0.39 is 0 Å². The largest absolute Gasteiger partial charge is 0.292 e. The van der Waals surface area contributed by atoms with Crippen LogP contribution in [0.3, 0.4) is 0 Å². The summed E-state index contributed by atoms with van der Waals surface area (Å²) < 4.78 is 7.08. The standard InChI is InChI=1S/C44H25N5S2/c1-2-12-26(13-3-1)41-46-42(33-19-8-16-29-28-15-5-7-24-37(28)50-38(29)33)48-43(47-41)34-20-9-17-30-31-18-10-23-36(40(31)51-39(30)34)49-35-22-6-4-14-27(35)32-21-11-25-45-44(32)49/h1-25H. The van der Waals surface area contributed by atoms with E-state index in [0.29, 0.717) is 17.5 Å². The van der Waals surface area contributed by atoms with Crippen LogP contribution in [0.25, 0.3) is 102 Å². The summed E-state index contributed by atoms with van der Waals surface area (Å²) in [5.41, 5.74) is 6.16. The van der Waals surface area contributed by atoms with E-state index in [1.54, 1.807) is 22.7 Å². The minimum absolute atomic E-state index is 0.656. The van der Waals surface area contributed by atoms with Crippen LogP contribution in [0.1, 0.15) is 0 Å². The third kappa shape index (κ3) is 4.32. The van der Waals surface area contributed by atoms with Gasteiger partial charge < -0.3 is 0 Å². The Kier molecular flexibility index (Phi) is 6.22. The molecule has 7 heteroatoms. The molecule has 0 aliphatic rings. The summed E-state index contributed by atoms with van der Waals surface area (Å²) in [5.74, 6) is 1.99. The lowest BCUT2D eigenvalue weighted by molar-refractivity contribution is 1.08. The van der Waals surface area contributed by atoms with Crippen molar-refractivity contribution in [3.63, 3.8) is 0 Å². The second-order valence-electron chi connectivity index (χ2n) is 12.6. The summed E-state index contributed by atoms with van der Waals surface area (Å²) in [6, 6.07) is 51.0. The van der Waals surface area contributed by atoms with Gasteiger partial charge in [-0.15, -0.1) is 22.7 Å². The van der Waals surface area contributed by atoms with Crippen molar-refractivity contribution >= 4 is 85.0 Å². The highest BCUT2D eigenvalue weighted by molar-refractivity contribution is 7.27. The fourth-order valence-electron chi connectivity index (χ4n) is 7.45. The molecule has 0 fully saturated rings. The zero-order chi connectivity index (χ0) is 33.5. The van der Waals surface area contributed by atoms with Gasteiger partial charge in [-0.3, -0.25) is 4.57 Å². The smallest absolute Gasteiger partial charge is 0.165 e. The molecule has 0 unspecified atom stereocenters. The van der Waals surface area contributed by atoms with Gasteiger partial charge in [0.05, 0.1) is 15.9 Å². The molecule has 5 aromatic heterocycles. The summed E-state index contributed by atoms with van der Waals surface area (Å²) in [5, 5.41) is 7.18. The molecular weight excluding hydrogens is 663 g/mol.